The molecule has 0 aliphatic rings. The van der Waals surface area contributed by atoms with Crippen molar-refractivity contribution < 1.29 is 4.42 Å². The fourth-order valence-electron chi connectivity index (χ4n) is 7.81. The van der Waals surface area contributed by atoms with Crippen LogP contribution in [0.25, 0.3) is 105 Å². The number of benzene rings is 7. The summed E-state index contributed by atoms with van der Waals surface area (Å²) in [5, 5.41) is 5.41. The molecule has 5 nitrogen and oxygen atoms in total. The van der Waals surface area contributed by atoms with E-state index >= 15 is 0 Å². The van der Waals surface area contributed by atoms with Gasteiger partial charge in [-0.05, 0) is 59.3 Å². The number of rotatable bonds is 5. The van der Waals surface area contributed by atoms with E-state index in [1.54, 1.807) is 0 Å². The third-order valence-electron chi connectivity index (χ3n) is 10.4. The first-order valence-corrected chi connectivity index (χ1v) is 18.1. The van der Waals surface area contributed by atoms with Gasteiger partial charge in [-0.2, -0.15) is 0 Å². The van der Waals surface area contributed by atoms with Gasteiger partial charge < -0.3 is 8.98 Å². The van der Waals surface area contributed by atoms with Gasteiger partial charge in [0.2, 0.25) is 0 Å². The zero-order valence-electron chi connectivity index (χ0n) is 29.0. The Kier molecular flexibility index (Phi) is 6.79. The molecule has 0 aliphatic heterocycles. The van der Waals surface area contributed by atoms with E-state index < -0.39 is 0 Å². The molecule has 0 unspecified atom stereocenters. The molecule has 0 fully saturated rings. The van der Waals surface area contributed by atoms with Gasteiger partial charge in [0.05, 0.1) is 33.5 Å². The van der Waals surface area contributed by atoms with Crippen molar-refractivity contribution >= 4 is 54.6 Å². The normalized spacial score (nSPS) is 11.7. The average molecular weight is 691 g/mol. The Balaban J connectivity index is 1.14. The maximum Gasteiger partial charge on any atom is 0.161 e. The summed E-state index contributed by atoms with van der Waals surface area (Å²) in [6.45, 7) is 0. The summed E-state index contributed by atoms with van der Waals surface area (Å²) in [6.07, 6.45) is 0. The van der Waals surface area contributed by atoms with Crippen LogP contribution in [0.2, 0.25) is 0 Å². The van der Waals surface area contributed by atoms with Gasteiger partial charge in [0.15, 0.2) is 11.4 Å². The van der Waals surface area contributed by atoms with E-state index in [4.69, 9.17) is 19.4 Å². The van der Waals surface area contributed by atoms with Crippen LogP contribution in [0.5, 0.6) is 0 Å². The van der Waals surface area contributed by atoms with Crippen LogP contribution in [0.15, 0.2) is 186 Å². The molecular weight excluding hydrogens is 661 g/mol. The minimum Gasteiger partial charge on any atom is -0.453 e. The molecule has 7 aromatic carbocycles. The largest absolute Gasteiger partial charge is 0.453 e. The number of nitrogens with zero attached hydrogens (tertiary/aromatic N) is 4. The quantitative estimate of drug-likeness (QED) is 0.180. The van der Waals surface area contributed by atoms with Crippen LogP contribution in [0.4, 0.5) is 0 Å². The predicted molar refractivity (Wildman–Crippen MR) is 221 cm³/mol. The molecule has 4 aromatic heterocycles. The van der Waals surface area contributed by atoms with Gasteiger partial charge in [0.1, 0.15) is 11.1 Å². The topological polar surface area (TPSA) is 56.7 Å². The van der Waals surface area contributed by atoms with E-state index in [1.165, 1.54) is 10.8 Å². The number of para-hydroxylation sites is 2. The molecular formula is C49H30N4O. The molecule has 0 atom stereocenters. The van der Waals surface area contributed by atoms with Crippen molar-refractivity contribution in [1.82, 2.24) is 19.5 Å². The third-order valence-corrected chi connectivity index (χ3v) is 10.4. The lowest BCUT2D eigenvalue weighted by Gasteiger charge is -2.12. The SMILES string of the molecule is c1ccc(-c2cc(-c3ccc(-n4c5ccccc5c5oc6c7ccccc7nc(-c7ccc8ccccc8c7)c6c54)cc3)nc(-c3ccccc3)n2)cc1. The van der Waals surface area contributed by atoms with Gasteiger partial charge >= 0.3 is 0 Å². The number of hydrogen-bond acceptors (Lipinski definition) is 4. The van der Waals surface area contributed by atoms with Gasteiger partial charge in [-0.3, -0.25) is 0 Å². The first-order valence-electron chi connectivity index (χ1n) is 18.1. The van der Waals surface area contributed by atoms with E-state index in [-0.39, 0.29) is 0 Å². The number of pyridine rings is 1. The van der Waals surface area contributed by atoms with Crippen LogP contribution in [0, 0.1) is 0 Å². The van der Waals surface area contributed by atoms with Gasteiger partial charge in [-0.1, -0.05) is 133 Å². The minimum atomic E-state index is 0.694. The summed E-state index contributed by atoms with van der Waals surface area (Å²) in [5.74, 6) is 0.694. The van der Waals surface area contributed by atoms with Crippen LogP contribution < -0.4 is 0 Å². The highest BCUT2D eigenvalue weighted by atomic mass is 16.3. The fraction of sp³-hybridized carbons (Fsp3) is 0. The van der Waals surface area contributed by atoms with E-state index in [9.17, 15) is 0 Å². The average Bonchev–Trinajstić information content (AvgIpc) is 3.79. The van der Waals surface area contributed by atoms with E-state index in [0.717, 1.165) is 88.9 Å². The Hall–Kier alpha value is -7.37. The van der Waals surface area contributed by atoms with Crippen molar-refractivity contribution in [1.29, 1.82) is 0 Å². The van der Waals surface area contributed by atoms with Crippen molar-refractivity contribution in [2.75, 3.05) is 0 Å². The van der Waals surface area contributed by atoms with Crippen molar-refractivity contribution in [3.8, 4) is 50.8 Å². The zero-order valence-corrected chi connectivity index (χ0v) is 29.0. The van der Waals surface area contributed by atoms with E-state index in [2.05, 4.69) is 144 Å². The highest BCUT2D eigenvalue weighted by Gasteiger charge is 2.25. The Morgan fingerprint density at radius 3 is 1.81 bits per heavy atom. The van der Waals surface area contributed by atoms with Crippen molar-refractivity contribution in [3.05, 3.63) is 182 Å². The Morgan fingerprint density at radius 1 is 0.426 bits per heavy atom. The molecule has 11 rings (SSSR count). The summed E-state index contributed by atoms with van der Waals surface area (Å²) in [5.41, 5.74) is 12.4. The molecule has 0 aliphatic carbocycles. The van der Waals surface area contributed by atoms with Crippen LogP contribution in [-0.2, 0) is 0 Å². The summed E-state index contributed by atoms with van der Waals surface area (Å²) in [6, 6.07) is 63.0. The van der Waals surface area contributed by atoms with Gasteiger partial charge in [-0.15, -0.1) is 0 Å². The van der Waals surface area contributed by atoms with Crippen molar-refractivity contribution in [3.63, 3.8) is 0 Å². The van der Waals surface area contributed by atoms with Crippen LogP contribution in [-0.4, -0.2) is 19.5 Å². The first kappa shape index (κ1) is 30.3. The van der Waals surface area contributed by atoms with Crippen LogP contribution in [0.1, 0.15) is 0 Å². The number of fused-ring (bicyclic) bond motifs is 8. The third kappa shape index (κ3) is 4.83. The molecule has 0 spiro atoms. The molecule has 54 heavy (non-hydrogen) atoms. The zero-order chi connectivity index (χ0) is 35.6. The van der Waals surface area contributed by atoms with Crippen LogP contribution >= 0.6 is 0 Å². The second-order valence-corrected chi connectivity index (χ2v) is 13.6. The standard InChI is InChI=1S/C49H30N4O/c1-3-14-32(15-4-1)41-30-42(52-49(51-41)34-16-5-2-6-17-34)33-25-27-37(28-26-33)53-43-22-12-10-20-39(43)48-46(53)44-45(36-24-23-31-13-7-8-18-35(31)29-36)50-40-21-11-9-19-38(40)47(44)54-48/h1-30H. The lowest BCUT2D eigenvalue weighted by Crippen LogP contribution is -1.97. The van der Waals surface area contributed by atoms with Crippen molar-refractivity contribution in [2.45, 2.75) is 0 Å². The Morgan fingerprint density at radius 2 is 1.04 bits per heavy atom. The van der Waals surface area contributed by atoms with E-state index in [0.29, 0.717) is 5.82 Å². The second-order valence-electron chi connectivity index (χ2n) is 13.6. The molecule has 0 bridgehead atoms. The number of aromatic nitrogens is 4. The fourth-order valence-corrected chi connectivity index (χ4v) is 7.81. The smallest absolute Gasteiger partial charge is 0.161 e. The lowest BCUT2D eigenvalue weighted by atomic mass is 10.0. The molecule has 252 valence electrons. The maximum atomic E-state index is 6.96. The highest BCUT2D eigenvalue weighted by molar-refractivity contribution is 6.24. The van der Waals surface area contributed by atoms with Gasteiger partial charge in [0.25, 0.3) is 0 Å². The van der Waals surface area contributed by atoms with Crippen LogP contribution in [0.3, 0.4) is 0 Å². The second kappa shape index (κ2) is 12.1. The molecule has 11 aromatic rings. The highest BCUT2D eigenvalue weighted by Crippen LogP contribution is 2.45. The molecule has 0 saturated heterocycles. The summed E-state index contributed by atoms with van der Waals surface area (Å²) in [4.78, 5) is 15.4. The predicted octanol–water partition coefficient (Wildman–Crippen LogP) is 12.7. The monoisotopic (exact) mass is 690 g/mol. The first-order chi connectivity index (χ1) is 26.8. The van der Waals surface area contributed by atoms with Gasteiger partial charge in [-0.25, -0.2) is 15.0 Å². The number of hydrogen-bond donors (Lipinski definition) is 0. The Labute approximate surface area is 310 Å². The molecule has 0 saturated carbocycles. The maximum absolute atomic E-state index is 6.96. The molecule has 4 heterocycles. The molecule has 0 radical (unpaired) electrons. The summed E-state index contributed by atoms with van der Waals surface area (Å²) in [7, 11) is 0. The Bertz CT molecular complexity index is 3140. The van der Waals surface area contributed by atoms with E-state index in [1.807, 2.05) is 42.5 Å². The minimum absolute atomic E-state index is 0.694. The van der Waals surface area contributed by atoms with Gasteiger partial charge in [0, 0.05) is 38.7 Å². The number of furan rings is 1. The molecule has 5 heteroatoms. The summed E-state index contributed by atoms with van der Waals surface area (Å²) < 4.78 is 9.28. The molecule has 0 amide bonds. The molecule has 0 N–H and O–H groups in total. The summed E-state index contributed by atoms with van der Waals surface area (Å²) >= 11 is 0. The lowest BCUT2D eigenvalue weighted by molar-refractivity contribution is 0.676. The van der Waals surface area contributed by atoms with Crippen molar-refractivity contribution in [2.24, 2.45) is 0 Å².